The lowest BCUT2D eigenvalue weighted by atomic mass is 10.0. The van der Waals surface area contributed by atoms with Crippen LogP contribution in [-0.2, 0) is 17.5 Å². The Balaban J connectivity index is 1.94. The number of alkyl halides is 3. The average Bonchev–Trinajstić information content (AvgIpc) is 2.96. The van der Waals surface area contributed by atoms with Gasteiger partial charge in [-0.05, 0) is 5.56 Å². The molecule has 0 aliphatic heterocycles. The maximum Gasteiger partial charge on any atom is 0.434 e. The van der Waals surface area contributed by atoms with E-state index in [0.717, 1.165) is 22.3 Å². The molecule has 23 heavy (non-hydrogen) atoms. The molecule has 2 aromatic rings. The van der Waals surface area contributed by atoms with Gasteiger partial charge in [-0.25, -0.2) is 4.98 Å². The van der Waals surface area contributed by atoms with Crippen LogP contribution in [0.15, 0.2) is 35.7 Å². The third-order valence-corrected chi connectivity index (χ3v) is 4.10. The lowest BCUT2D eigenvalue weighted by Gasteiger charge is -2.18. The van der Waals surface area contributed by atoms with E-state index in [9.17, 15) is 18.0 Å². The Hall–Kier alpha value is -1.93. The first-order valence-electron chi connectivity index (χ1n) is 6.83. The topological polar surface area (TPSA) is 59.2 Å². The van der Waals surface area contributed by atoms with Gasteiger partial charge in [0.15, 0.2) is 5.69 Å². The average molecular weight is 343 g/mol. The van der Waals surface area contributed by atoms with E-state index in [-0.39, 0.29) is 23.9 Å². The highest BCUT2D eigenvalue weighted by Gasteiger charge is 2.33. The van der Waals surface area contributed by atoms with Gasteiger partial charge in [-0.15, -0.1) is 11.3 Å². The summed E-state index contributed by atoms with van der Waals surface area (Å²) in [5, 5.41) is 1.19. The molecule has 0 fully saturated rings. The molecule has 4 nitrogen and oxygen atoms in total. The Bertz CT molecular complexity index is 657. The van der Waals surface area contributed by atoms with Crippen molar-refractivity contribution in [1.29, 1.82) is 0 Å². The second kappa shape index (κ2) is 7.10. The second-order valence-electron chi connectivity index (χ2n) is 5.10. The molecule has 124 valence electrons. The highest BCUT2D eigenvalue weighted by Crippen LogP contribution is 2.30. The van der Waals surface area contributed by atoms with E-state index in [2.05, 4.69) is 4.98 Å². The Labute approximate surface area is 135 Å². The van der Waals surface area contributed by atoms with E-state index in [0.29, 0.717) is 0 Å². The molecule has 1 heterocycles. The molecule has 0 saturated heterocycles. The number of thiazole rings is 1. The van der Waals surface area contributed by atoms with Gasteiger partial charge < -0.3 is 10.6 Å². The lowest BCUT2D eigenvalue weighted by molar-refractivity contribution is -0.140. The minimum absolute atomic E-state index is 0.0289. The molecule has 1 aromatic heterocycles. The lowest BCUT2D eigenvalue weighted by Crippen LogP contribution is -2.29. The summed E-state index contributed by atoms with van der Waals surface area (Å²) in [5.74, 6) is -0.245. The molecule has 1 unspecified atom stereocenters. The number of rotatable bonds is 5. The number of hydrogen-bond donors (Lipinski definition) is 1. The van der Waals surface area contributed by atoms with Gasteiger partial charge in [0.2, 0.25) is 5.91 Å². The van der Waals surface area contributed by atoms with Crippen LogP contribution < -0.4 is 5.73 Å². The predicted octanol–water partition coefficient (Wildman–Crippen LogP) is 3.21. The van der Waals surface area contributed by atoms with Crippen molar-refractivity contribution in [1.82, 2.24) is 9.88 Å². The first-order chi connectivity index (χ1) is 10.8. The largest absolute Gasteiger partial charge is 0.434 e. The predicted molar refractivity (Wildman–Crippen MR) is 81.6 cm³/mol. The molecule has 8 heteroatoms. The summed E-state index contributed by atoms with van der Waals surface area (Å²) in [6.45, 7) is 0.0289. The van der Waals surface area contributed by atoms with Crippen molar-refractivity contribution in [3.05, 3.63) is 52.0 Å². The van der Waals surface area contributed by atoms with Gasteiger partial charge >= 0.3 is 6.18 Å². The van der Waals surface area contributed by atoms with E-state index in [1.807, 2.05) is 30.3 Å². The maximum atomic E-state index is 12.5. The number of hydrogen-bond acceptors (Lipinski definition) is 4. The van der Waals surface area contributed by atoms with Crippen LogP contribution in [0.25, 0.3) is 0 Å². The first-order valence-corrected chi connectivity index (χ1v) is 7.71. The number of halogens is 3. The smallest absolute Gasteiger partial charge is 0.339 e. The molecule has 0 spiro atoms. The van der Waals surface area contributed by atoms with E-state index >= 15 is 0 Å². The summed E-state index contributed by atoms with van der Waals surface area (Å²) >= 11 is 0.881. The minimum atomic E-state index is -4.47. The maximum absolute atomic E-state index is 12.5. The number of nitrogens with two attached hydrogens (primary N) is 1. The summed E-state index contributed by atoms with van der Waals surface area (Å²) < 4.78 is 37.5. The van der Waals surface area contributed by atoms with Crippen LogP contribution in [-0.4, -0.2) is 22.8 Å². The number of carbonyl (C=O) groups excluding carboxylic acids is 1. The van der Waals surface area contributed by atoms with Gasteiger partial charge in [0.1, 0.15) is 5.01 Å². The molecular weight excluding hydrogens is 327 g/mol. The van der Waals surface area contributed by atoms with Crippen molar-refractivity contribution < 1.29 is 18.0 Å². The Morgan fingerprint density at radius 3 is 2.57 bits per heavy atom. The van der Waals surface area contributed by atoms with Gasteiger partial charge in [0.05, 0.1) is 6.54 Å². The summed E-state index contributed by atoms with van der Waals surface area (Å²) in [5.41, 5.74) is 5.88. The Morgan fingerprint density at radius 1 is 1.35 bits per heavy atom. The molecule has 0 aliphatic carbocycles. The Morgan fingerprint density at radius 2 is 2.00 bits per heavy atom. The first kappa shape index (κ1) is 17.4. The van der Waals surface area contributed by atoms with E-state index in [1.54, 1.807) is 0 Å². The van der Waals surface area contributed by atoms with Crippen molar-refractivity contribution >= 4 is 17.2 Å². The SMILES string of the molecule is CN(Cc1nc(C(F)(F)F)cs1)C(=O)CC(N)c1ccccc1. The Kier molecular flexibility index (Phi) is 5.38. The zero-order valence-corrected chi connectivity index (χ0v) is 13.2. The van der Waals surface area contributed by atoms with Crippen molar-refractivity contribution in [2.45, 2.75) is 25.2 Å². The molecule has 1 amide bonds. The van der Waals surface area contributed by atoms with E-state index in [1.165, 1.54) is 11.9 Å². The van der Waals surface area contributed by atoms with Crippen molar-refractivity contribution in [3.63, 3.8) is 0 Å². The van der Waals surface area contributed by atoms with Crippen LogP contribution in [0.5, 0.6) is 0 Å². The van der Waals surface area contributed by atoms with Crippen LogP contribution >= 0.6 is 11.3 Å². The zero-order chi connectivity index (χ0) is 17.0. The molecular formula is C15H16F3N3OS. The second-order valence-corrected chi connectivity index (χ2v) is 6.04. The van der Waals surface area contributed by atoms with Gasteiger partial charge in [0.25, 0.3) is 0 Å². The molecule has 1 atom stereocenters. The van der Waals surface area contributed by atoms with Crippen LogP contribution in [0.1, 0.15) is 28.7 Å². The van der Waals surface area contributed by atoms with Gasteiger partial charge in [0, 0.05) is 24.9 Å². The van der Waals surface area contributed by atoms with Gasteiger partial charge in [-0.3, -0.25) is 4.79 Å². The molecule has 0 bridgehead atoms. The molecule has 0 radical (unpaired) electrons. The third kappa shape index (κ3) is 4.77. The van der Waals surface area contributed by atoms with Crippen molar-refractivity contribution in [2.75, 3.05) is 7.05 Å². The van der Waals surface area contributed by atoms with E-state index in [4.69, 9.17) is 5.73 Å². The number of amides is 1. The minimum Gasteiger partial charge on any atom is -0.339 e. The van der Waals surface area contributed by atoms with Gasteiger partial charge in [-0.2, -0.15) is 13.2 Å². The summed E-state index contributed by atoms with van der Waals surface area (Å²) in [4.78, 5) is 17.0. The number of carbonyl (C=O) groups is 1. The number of benzene rings is 1. The summed E-state index contributed by atoms with van der Waals surface area (Å²) in [7, 11) is 1.52. The number of aromatic nitrogens is 1. The summed E-state index contributed by atoms with van der Waals surface area (Å²) in [6, 6.07) is 8.72. The highest BCUT2D eigenvalue weighted by atomic mass is 32.1. The van der Waals surface area contributed by atoms with Crippen LogP contribution in [0.3, 0.4) is 0 Å². The molecule has 1 aromatic carbocycles. The zero-order valence-electron chi connectivity index (χ0n) is 12.4. The molecule has 0 aliphatic rings. The molecule has 2 N–H and O–H groups in total. The normalized spacial score (nSPS) is 12.9. The third-order valence-electron chi connectivity index (χ3n) is 3.26. The summed E-state index contributed by atoms with van der Waals surface area (Å²) in [6.07, 6.45) is -4.38. The quantitative estimate of drug-likeness (QED) is 0.907. The van der Waals surface area contributed by atoms with Crippen LogP contribution in [0.4, 0.5) is 13.2 Å². The van der Waals surface area contributed by atoms with Crippen molar-refractivity contribution in [3.8, 4) is 0 Å². The fourth-order valence-corrected chi connectivity index (χ4v) is 2.82. The number of nitrogens with zero attached hydrogens (tertiary/aromatic N) is 2. The monoisotopic (exact) mass is 343 g/mol. The standard InChI is InChI=1S/C15H16F3N3OS/c1-21(8-13-20-12(9-23-13)15(16,17)18)14(22)7-11(19)10-5-3-2-4-6-10/h2-6,9,11H,7-8,19H2,1H3. The van der Waals surface area contributed by atoms with Crippen LogP contribution in [0, 0.1) is 0 Å². The molecule has 2 rings (SSSR count). The fraction of sp³-hybridized carbons (Fsp3) is 0.333. The van der Waals surface area contributed by atoms with Crippen LogP contribution in [0.2, 0.25) is 0 Å². The van der Waals surface area contributed by atoms with E-state index < -0.39 is 17.9 Å². The van der Waals surface area contributed by atoms with Gasteiger partial charge in [-0.1, -0.05) is 30.3 Å². The fourth-order valence-electron chi connectivity index (χ4n) is 1.97. The highest BCUT2D eigenvalue weighted by molar-refractivity contribution is 7.09. The molecule has 0 saturated carbocycles. The van der Waals surface area contributed by atoms with Crippen molar-refractivity contribution in [2.24, 2.45) is 5.73 Å².